The summed E-state index contributed by atoms with van der Waals surface area (Å²) in [5.74, 6) is 0.160. The first-order valence-electron chi connectivity index (χ1n) is 11.4. The van der Waals surface area contributed by atoms with Crippen LogP contribution in [0.3, 0.4) is 0 Å². The fourth-order valence-corrected chi connectivity index (χ4v) is 6.12. The van der Waals surface area contributed by atoms with E-state index in [4.69, 9.17) is 9.13 Å². The Bertz CT molecular complexity index is 951. The van der Waals surface area contributed by atoms with E-state index >= 15 is 0 Å². The Hall–Kier alpha value is -1.96. The Morgan fingerprint density at radius 1 is 0.765 bits per heavy atom. The molecule has 0 amide bonds. The number of thioether (sulfide) groups is 2. The smallest absolute Gasteiger partial charge is 0.197 e. The molecule has 0 unspecified atom stereocenters. The summed E-state index contributed by atoms with van der Waals surface area (Å²) in [6, 6.07) is 23.0. The molecule has 0 spiro atoms. The first-order chi connectivity index (χ1) is 16.6. The van der Waals surface area contributed by atoms with E-state index in [1.54, 1.807) is 47.8 Å². The SMILES string of the molecule is CCCCCCO/C(CC(Sc1ccc(F)cc1)Sc1ccc(F)cc1)=N\Sc1ccccc1. The van der Waals surface area contributed by atoms with Crippen LogP contribution in [0.25, 0.3) is 0 Å². The zero-order valence-corrected chi connectivity index (χ0v) is 21.6. The highest BCUT2D eigenvalue weighted by molar-refractivity contribution is 8.17. The molecular weight excluding hydrogens is 489 g/mol. The van der Waals surface area contributed by atoms with E-state index < -0.39 is 0 Å². The number of hydrogen-bond donors (Lipinski definition) is 0. The second-order valence-corrected chi connectivity index (χ2v) is 11.3. The van der Waals surface area contributed by atoms with Crippen molar-refractivity contribution in [3.05, 3.63) is 90.5 Å². The van der Waals surface area contributed by atoms with Crippen LogP contribution in [0.5, 0.6) is 0 Å². The molecule has 34 heavy (non-hydrogen) atoms. The third-order valence-electron chi connectivity index (χ3n) is 4.77. The van der Waals surface area contributed by atoms with Crippen LogP contribution in [0.1, 0.15) is 39.0 Å². The molecule has 0 N–H and O–H groups in total. The van der Waals surface area contributed by atoms with Gasteiger partial charge in [0.1, 0.15) is 11.6 Å². The fourth-order valence-electron chi connectivity index (χ4n) is 3.01. The Morgan fingerprint density at radius 3 is 1.91 bits per heavy atom. The largest absolute Gasteiger partial charge is 0.480 e. The van der Waals surface area contributed by atoms with Crippen molar-refractivity contribution in [2.45, 2.75) is 58.3 Å². The molecule has 2 nitrogen and oxygen atoms in total. The molecule has 0 saturated heterocycles. The Balaban J connectivity index is 1.75. The van der Waals surface area contributed by atoms with Gasteiger partial charge >= 0.3 is 0 Å². The summed E-state index contributed by atoms with van der Waals surface area (Å²) in [5.41, 5.74) is 0. The molecule has 7 heteroatoms. The predicted octanol–water partition coefficient (Wildman–Crippen LogP) is 9.27. The molecular formula is C27H29F2NOS3. The maximum Gasteiger partial charge on any atom is 0.197 e. The second-order valence-electron chi connectivity index (χ2n) is 7.58. The van der Waals surface area contributed by atoms with Gasteiger partial charge in [0, 0.05) is 33.1 Å². The van der Waals surface area contributed by atoms with E-state index in [0.717, 1.165) is 27.5 Å². The van der Waals surface area contributed by atoms with Crippen molar-refractivity contribution in [3.8, 4) is 0 Å². The summed E-state index contributed by atoms with van der Waals surface area (Å²) in [6.07, 6.45) is 5.07. The van der Waals surface area contributed by atoms with Gasteiger partial charge in [0.15, 0.2) is 5.90 Å². The molecule has 0 bridgehead atoms. The molecule has 0 aliphatic rings. The van der Waals surface area contributed by atoms with Crippen molar-refractivity contribution in [1.29, 1.82) is 0 Å². The topological polar surface area (TPSA) is 21.6 Å². The van der Waals surface area contributed by atoms with Gasteiger partial charge in [-0.1, -0.05) is 44.4 Å². The Kier molecular flexibility index (Phi) is 11.8. The summed E-state index contributed by atoms with van der Waals surface area (Å²) in [6.45, 7) is 2.82. The molecule has 0 aromatic heterocycles. The van der Waals surface area contributed by atoms with E-state index in [9.17, 15) is 8.78 Å². The zero-order valence-electron chi connectivity index (χ0n) is 19.2. The van der Waals surface area contributed by atoms with E-state index in [-0.39, 0.29) is 16.2 Å². The minimum Gasteiger partial charge on any atom is -0.480 e. The Labute approximate surface area is 214 Å². The minimum absolute atomic E-state index is 0.0155. The van der Waals surface area contributed by atoms with Crippen LogP contribution in [0.2, 0.25) is 0 Å². The molecule has 0 radical (unpaired) electrons. The fraction of sp³-hybridized carbons (Fsp3) is 0.296. The lowest BCUT2D eigenvalue weighted by molar-refractivity contribution is 0.286. The number of rotatable bonds is 13. The molecule has 0 saturated carbocycles. The quantitative estimate of drug-likeness (QED) is 0.0562. The monoisotopic (exact) mass is 517 g/mol. The van der Waals surface area contributed by atoms with E-state index in [0.29, 0.717) is 18.9 Å². The van der Waals surface area contributed by atoms with E-state index in [2.05, 4.69) is 6.92 Å². The van der Waals surface area contributed by atoms with Crippen molar-refractivity contribution < 1.29 is 13.5 Å². The van der Waals surface area contributed by atoms with Crippen LogP contribution in [-0.4, -0.2) is 17.1 Å². The predicted molar refractivity (Wildman–Crippen MR) is 143 cm³/mol. The van der Waals surface area contributed by atoms with Gasteiger partial charge in [-0.05, 0) is 67.1 Å². The lowest BCUT2D eigenvalue weighted by Gasteiger charge is -2.18. The van der Waals surface area contributed by atoms with Gasteiger partial charge in [0.05, 0.1) is 11.2 Å². The lowest BCUT2D eigenvalue weighted by Crippen LogP contribution is -2.12. The van der Waals surface area contributed by atoms with Crippen LogP contribution in [0.15, 0.2) is 97.9 Å². The number of halogens is 2. The van der Waals surface area contributed by atoms with Gasteiger partial charge in [0.2, 0.25) is 0 Å². The maximum atomic E-state index is 13.4. The molecule has 0 aliphatic heterocycles. The molecule has 0 heterocycles. The molecule has 3 rings (SSSR count). The van der Waals surface area contributed by atoms with Crippen molar-refractivity contribution in [1.82, 2.24) is 0 Å². The molecule has 180 valence electrons. The highest BCUT2D eigenvalue weighted by Crippen LogP contribution is 2.38. The van der Waals surface area contributed by atoms with Crippen LogP contribution in [0, 0.1) is 11.6 Å². The average molecular weight is 518 g/mol. The summed E-state index contributed by atoms with van der Waals surface area (Å²) >= 11 is 4.65. The molecule has 0 atom stereocenters. The zero-order chi connectivity index (χ0) is 24.0. The first-order valence-corrected chi connectivity index (χ1v) is 13.9. The van der Waals surface area contributed by atoms with Crippen LogP contribution < -0.4 is 0 Å². The van der Waals surface area contributed by atoms with Crippen LogP contribution in [0.4, 0.5) is 8.78 Å². The van der Waals surface area contributed by atoms with Crippen molar-refractivity contribution in [2.24, 2.45) is 4.40 Å². The Morgan fingerprint density at radius 2 is 1.35 bits per heavy atom. The maximum absolute atomic E-state index is 13.4. The number of nitrogens with zero attached hydrogens (tertiary/aromatic N) is 1. The van der Waals surface area contributed by atoms with Gasteiger partial charge in [-0.25, -0.2) is 8.78 Å². The number of benzene rings is 3. The minimum atomic E-state index is -0.260. The standard InChI is InChI=1S/C27H29F2NOS3/c1-2-3-4-8-19-31-26(30-34-25-9-6-5-7-10-25)20-27(32-23-15-11-21(28)12-16-23)33-24-17-13-22(29)14-18-24/h5-7,9-18,27H,2-4,8,19-20H2,1H3/b30-26-. The normalized spacial score (nSPS) is 11.7. The average Bonchev–Trinajstić information content (AvgIpc) is 2.85. The van der Waals surface area contributed by atoms with Gasteiger partial charge in [0.25, 0.3) is 0 Å². The van der Waals surface area contributed by atoms with Gasteiger partial charge in [-0.2, -0.15) is 4.40 Å². The second kappa shape index (κ2) is 15.1. The molecule has 0 fully saturated rings. The molecule has 0 aliphatic carbocycles. The summed E-state index contributed by atoms with van der Waals surface area (Å²) < 4.78 is 37.7. The summed E-state index contributed by atoms with van der Waals surface area (Å²) in [7, 11) is 0. The summed E-state index contributed by atoms with van der Waals surface area (Å²) in [4.78, 5) is 2.96. The third-order valence-corrected chi connectivity index (χ3v) is 8.07. The van der Waals surface area contributed by atoms with Crippen LogP contribution in [-0.2, 0) is 4.74 Å². The molecule has 3 aromatic rings. The van der Waals surface area contributed by atoms with Gasteiger partial charge < -0.3 is 4.74 Å². The third kappa shape index (κ3) is 10.1. The van der Waals surface area contributed by atoms with Crippen molar-refractivity contribution >= 4 is 41.4 Å². The number of ether oxygens (including phenoxy) is 1. The van der Waals surface area contributed by atoms with E-state index in [1.807, 2.05) is 30.3 Å². The lowest BCUT2D eigenvalue weighted by atomic mass is 10.2. The summed E-state index contributed by atoms with van der Waals surface area (Å²) in [5, 5.41) is 0. The van der Waals surface area contributed by atoms with Gasteiger partial charge in [-0.15, -0.1) is 23.5 Å². The van der Waals surface area contributed by atoms with E-state index in [1.165, 1.54) is 49.1 Å². The number of hydrogen-bond acceptors (Lipinski definition) is 5. The van der Waals surface area contributed by atoms with Crippen molar-refractivity contribution in [3.63, 3.8) is 0 Å². The number of unbranched alkanes of at least 4 members (excludes halogenated alkanes) is 3. The van der Waals surface area contributed by atoms with Crippen LogP contribution >= 0.6 is 35.5 Å². The highest BCUT2D eigenvalue weighted by atomic mass is 32.2. The highest BCUT2D eigenvalue weighted by Gasteiger charge is 2.18. The first kappa shape index (κ1) is 26.6. The van der Waals surface area contributed by atoms with Crippen molar-refractivity contribution in [2.75, 3.05) is 6.61 Å². The molecule has 3 aromatic carbocycles. The van der Waals surface area contributed by atoms with Gasteiger partial charge in [-0.3, -0.25) is 0 Å².